The lowest BCUT2D eigenvalue weighted by Gasteiger charge is -2.26. The SMILES string of the molecule is CCC(=O)C(C)N(CCC#N)C1CC1. The molecule has 1 aliphatic carbocycles. The molecule has 0 aromatic heterocycles. The molecule has 1 saturated carbocycles. The summed E-state index contributed by atoms with van der Waals surface area (Å²) in [6, 6.07) is 2.70. The molecule has 0 bridgehead atoms. The normalized spacial score (nSPS) is 17.9. The van der Waals surface area contributed by atoms with Crippen LogP contribution in [0, 0.1) is 11.3 Å². The molecule has 14 heavy (non-hydrogen) atoms. The van der Waals surface area contributed by atoms with Crippen LogP contribution in [0.4, 0.5) is 0 Å². The first-order valence-electron chi connectivity index (χ1n) is 5.36. The number of Topliss-reactive ketones (excluding diaryl/α,β-unsaturated/α-hetero) is 1. The van der Waals surface area contributed by atoms with Crippen LogP contribution in [0.3, 0.4) is 0 Å². The van der Waals surface area contributed by atoms with Gasteiger partial charge in [0, 0.05) is 25.4 Å². The lowest BCUT2D eigenvalue weighted by molar-refractivity contribution is -0.123. The Balaban J connectivity index is 2.48. The van der Waals surface area contributed by atoms with Crippen LogP contribution < -0.4 is 0 Å². The minimum absolute atomic E-state index is 0.000787. The highest BCUT2D eigenvalue weighted by Gasteiger charge is 2.33. The molecule has 0 amide bonds. The topological polar surface area (TPSA) is 44.1 Å². The maximum Gasteiger partial charge on any atom is 0.149 e. The molecule has 1 atom stereocenters. The van der Waals surface area contributed by atoms with E-state index in [0.717, 1.165) is 6.54 Å². The summed E-state index contributed by atoms with van der Waals surface area (Å²) >= 11 is 0. The fourth-order valence-electron chi connectivity index (χ4n) is 1.76. The van der Waals surface area contributed by atoms with E-state index in [1.807, 2.05) is 13.8 Å². The summed E-state index contributed by atoms with van der Waals surface area (Å²) in [5, 5.41) is 8.53. The van der Waals surface area contributed by atoms with Crippen molar-refractivity contribution in [2.24, 2.45) is 0 Å². The van der Waals surface area contributed by atoms with Crippen molar-refractivity contribution in [2.75, 3.05) is 6.54 Å². The molecule has 0 heterocycles. The lowest BCUT2D eigenvalue weighted by atomic mass is 10.1. The van der Waals surface area contributed by atoms with E-state index in [-0.39, 0.29) is 11.8 Å². The Morgan fingerprint density at radius 1 is 1.64 bits per heavy atom. The van der Waals surface area contributed by atoms with Gasteiger partial charge in [0.05, 0.1) is 12.1 Å². The Morgan fingerprint density at radius 2 is 2.29 bits per heavy atom. The quantitative estimate of drug-likeness (QED) is 0.646. The Kier molecular flexibility index (Phi) is 4.09. The van der Waals surface area contributed by atoms with Crippen LogP contribution in [0.5, 0.6) is 0 Å². The van der Waals surface area contributed by atoms with E-state index in [9.17, 15) is 4.79 Å². The van der Waals surface area contributed by atoms with Gasteiger partial charge in [-0.25, -0.2) is 0 Å². The number of carbonyl (C=O) groups excluding carboxylic acids is 1. The van der Waals surface area contributed by atoms with Gasteiger partial charge in [-0.3, -0.25) is 9.69 Å². The van der Waals surface area contributed by atoms with E-state index in [0.29, 0.717) is 18.9 Å². The fourth-order valence-corrected chi connectivity index (χ4v) is 1.76. The first-order chi connectivity index (χ1) is 6.70. The van der Waals surface area contributed by atoms with Gasteiger partial charge in [0.2, 0.25) is 0 Å². The summed E-state index contributed by atoms with van der Waals surface area (Å²) in [4.78, 5) is 13.7. The van der Waals surface area contributed by atoms with Crippen LogP contribution in [-0.2, 0) is 4.79 Å². The van der Waals surface area contributed by atoms with Gasteiger partial charge in [-0.15, -0.1) is 0 Å². The van der Waals surface area contributed by atoms with Crippen LogP contribution in [0.15, 0.2) is 0 Å². The zero-order chi connectivity index (χ0) is 10.6. The van der Waals surface area contributed by atoms with Gasteiger partial charge in [0.25, 0.3) is 0 Å². The molecule has 0 spiro atoms. The molecule has 0 saturated heterocycles. The van der Waals surface area contributed by atoms with Crippen molar-refractivity contribution in [3.8, 4) is 6.07 Å². The molecule has 1 fully saturated rings. The predicted octanol–water partition coefficient (Wildman–Crippen LogP) is 1.73. The smallest absolute Gasteiger partial charge is 0.149 e. The van der Waals surface area contributed by atoms with E-state index in [1.54, 1.807) is 0 Å². The van der Waals surface area contributed by atoms with Crippen LogP contribution in [0.25, 0.3) is 0 Å². The molecule has 1 rings (SSSR count). The number of hydrogen-bond donors (Lipinski definition) is 0. The maximum atomic E-state index is 11.5. The second-order valence-corrected chi connectivity index (χ2v) is 3.87. The molecule has 0 aliphatic heterocycles. The molecular weight excluding hydrogens is 176 g/mol. The number of nitrogens with zero attached hydrogens (tertiary/aromatic N) is 2. The molecule has 3 heteroatoms. The average molecular weight is 194 g/mol. The highest BCUT2D eigenvalue weighted by atomic mass is 16.1. The van der Waals surface area contributed by atoms with Gasteiger partial charge >= 0.3 is 0 Å². The van der Waals surface area contributed by atoms with Crippen LogP contribution >= 0.6 is 0 Å². The summed E-state index contributed by atoms with van der Waals surface area (Å²) in [6.07, 6.45) is 3.49. The zero-order valence-corrected chi connectivity index (χ0v) is 8.99. The van der Waals surface area contributed by atoms with Gasteiger partial charge < -0.3 is 0 Å². The molecule has 0 aromatic carbocycles. The highest BCUT2D eigenvalue weighted by Crippen LogP contribution is 2.29. The molecule has 0 radical (unpaired) electrons. The molecule has 0 N–H and O–H groups in total. The first-order valence-corrected chi connectivity index (χ1v) is 5.36. The molecule has 1 unspecified atom stereocenters. The summed E-state index contributed by atoms with van der Waals surface area (Å²) in [7, 11) is 0. The fraction of sp³-hybridized carbons (Fsp3) is 0.818. The molecule has 1 aliphatic rings. The van der Waals surface area contributed by atoms with Gasteiger partial charge in [-0.05, 0) is 19.8 Å². The van der Waals surface area contributed by atoms with E-state index in [2.05, 4.69) is 11.0 Å². The zero-order valence-electron chi connectivity index (χ0n) is 8.99. The van der Waals surface area contributed by atoms with Crippen molar-refractivity contribution in [3.63, 3.8) is 0 Å². The monoisotopic (exact) mass is 194 g/mol. The third kappa shape index (κ3) is 2.81. The molecular formula is C11H18N2O. The van der Waals surface area contributed by atoms with Crippen molar-refractivity contribution in [2.45, 2.75) is 51.6 Å². The third-order valence-corrected chi connectivity index (χ3v) is 2.81. The van der Waals surface area contributed by atoms with Crippen molar-refractivity contribution in [1.82, 2.24) is 4.90 Å². The number of carbonyl (C=O) groups is 1. The van der Waals surface area contributed by atoms with E-state index in [1.165, 1.54) is 12.8 Å². The van der Waals surface area contributed by atoms with E-state index < -0.39 is 0 Å². The third-order valence-electron chi connectivity index (χ3n) is 2.81. The Bertz CT molecular complexity index is 240. The van der Waals surface area contributed by atoms with Crippen LogP contribution in [0.1, 0.15) is 39.5 Å². The molecule has 0 aromatic rings. The summed E-state index contributed by atoms with van der Waals surface area (Å²) in [5.74, 6) is 0.287. The van der Waals surface area contributed by atoms with Gasteiger partial charge in [0.1, 0.15) is 5.78 Å². The minimum Gasteiger partial charge on any atom is -0.298 e. The lowest BCUT2D eigenvalue weighted by Crippen LogP contribution is -2.40. The van der Waals surface area contributed by atoms with Crippen molar-refractivity contribution < 1.29 is 4.79 Å². The van der Waals surface area contributed by atoms with Gasteiger partial charge in [-0.2, -0.15) is 5.26 Å². The Hall–Kier alpha value is -0.880. The first kappa shape index (κ1) is 11.2. The van der Waals surface area contributed by atoms with E-state index in [4.69, 9.17) is 5.26 Å². The summed E-state index contributed by atoms with van der Waals surface area (Å²) in [5.41, 5.74) is 0. The largest absolute Gasteiger partial charge is 0.298 e. The van der Waals surface area contributed by atoms with Crippen molar-refractivity contribution in [1.29, 1.82) is 5.26 Å². The highest BCUT2D eigenvalue weighted by molar-refractivity contribution is 5.83. The van der Waals surface area contributed by atoms with Crippen LogP contribution in [-0.4, -0.2) is 29.3 Å². The Labute approximate surface area is 85.7 Å². The number of ketones is 1. The minimum atomic E-state index is 0.000787. The van der Waals surface area contributed by atoms with Crippen LogP contribution in [0.2, 0.25) is 0 Å². The van der Waals surface area contributed by atoms with Gasteiger partial charge in [0.15, 0.2) is 0 Å². The number of rotatable bonds is 6. The van der Waals surface area contributed by atoms with E-state index >= 15 is 0 Å². The maximum absolute atomic E-state index is 11.5. The van der Waals surface area contributed by atoms with Gasteiger partial charge in [-0.1, -0.05) is 6.92 Å². The summed E-state index contributed by atoms with van der Waals surface area (Å²) in [6.45, 7) is 4.60. The number of hydrogen-bond acceptors (Lipinski definition) is 3. The average Bonchev–Trinajstić information content (AvgIpc) is 3.01. The van der Waals surface area contributed by atoms with Crippen molar-refractivity contribution >= 4 is 5.78 Å². The standard InChI is InChI=1S/C11H18N2O/c1-3-11(14)9(2)13(8-4-7-12)10-5-6-10/h9-10H,3-6,8H2,1-2H3. The molecule has 78 valence electrons. The predicted molar refractivity (Wildman–Crippen MR) is 54.7 cm³/mol. The van der Waals surface area contributed by atoms with Crippen molar-refractivity contribution in [3.05, 3.63) is 0 Å². The second-order valence-electron chi connectivity index (χ2n) is 3.87. The summed E-state index contributed by atoms with van der Waals surface area (Å²) < 4.78 is 0. The molecule has 3 nitrogen and oxygen atoms in total. The number of nitriles is 1. The Morgan fingerprint density at radius 3 is 2.71 bits per heavy atom. The second kappa shape index (κ2) is 5.11.